The number of anilines is 1. The molecule has 0 spiro atoms. The smallest absolute Gasteiger partial charge is 0.240 e. The molecule has 2 aromatic carbocycles. The van der Waals surface area contributed by atoms with Crippen LogP contribution in [0, 0.1) is 0 Å². The standard InChI is InChI=1S/C18H22N2O4S/c1-13(2)24-17-8-4-15(5-9-17)12-19-25(22,23)18-10-6-16(7-11-18)20-14(3)21/h4-11,13,19H,12H2,1-3H3,(H,20,21). The van der Waals surface area contributed by atoms with Crippen molar-refractivity contribution >= 4 is 21.6 Å². The van der Waals surface area contributed by atoms with Crippen LogP contribution in [0.2, 0.25) is 0 Å². The summed E-state index contributed by atoms with van der Waals surface area (Å²) in [5.74, 6) is 0.536. The van der Waals surface area contributed by atoms with E-state index >= 15 is 0 Å². The molecule has 0 aromatic heterocycles. The Hall–Kier alpha value is -2.38. The van der Waals surface area contributed by atoms with Gasteiger partial charge < -0.3 is 10.1 Å². The van der Waals surface area contributed by atoms with Gasteiger partial charge >= 0.3 is 0 Å². The van der Waals surface area contributed by atoms with Gasteiger partial charge in [-0.05, 0) is 55.8 Å². The normalized spacial score (nSPS) is 11.4. The lowest BCUT2D eigenvalue weighted by Gasteiger charge is -2.11. The Labute approximate surface area is 148 Å². The predicted molar refractivity (Wildman–Crippen MR) is 97.0 cm³/mol. The van der Waals surface area contributed by atoms with E-state index in [2.05, 4.69) is 10.0 Å². The average molecular weight is 362 g/mol. The number of amides is 1. The molecule has 0 aliphatic carbocycles. The lowest BCUT2D eigenvalue weighted by molar-refractivity contribution is -0.114. The molecule has 1 amide bonds. The van der Waals surface area contributed by atoms with Gasteiger partial charge in [0.1, 0.15) is 5.75 Å². The third-order valence-electron chi connectivity index (χ3n) is 3.25. The number of hydrogen-bond donors (Lipinski definition) is 2. The summed E-state index contributed by atoms with van der Waals surface area (Å²) in [5.41, 5.74) is 1.38. The van der Waals surface area contributed by atoms with Crippen molar-refractivity contribution < 1.29 is 17.9 Å². The summed E-state index contributed by atoms with van der Waals surface area (Å²) in [5, 5.41) is 2.59. The van der Waals surface area contributed by atoms with E-state index in [4.69, 9.17) is 4.74 Å². The molecular formula is C18H22N2O4S. The molecule has 0 aliphatic rings. The van der Waals surface area contributed by atoms with Gasteiger partial charge in [-0.3, -0.25) is 4.79 Å². The molecule has 0 bridgehead atoms. The van der Waals surface area contributed by atoms with Crippen LogP contribution in [0.25, 0.3) is 0 Å². The van der Waals surface area contributed by atoms with Crippen molar-refractivity contribution in [2.45, 2.75) is 38.3 Å². The lowest BCUT2D eigenvalue weighted by Crippen LogP contribution is -2.23. The maximum Gasteiger partial charge on any atom is 0.240 e. The number of carbonyl (C=O) groups excluding carboxylic acids is 1. The molecule has 0 unspecified atom stereocenters. The third kappa shape index (κ3) is 5.88. The van der Waals surface area contributed by atoms with Gasteiger partial charge in [0.15, 0.2) is 0 Å². The van der Waals surface area contributed by atoms with Gasteiger partial charge in [-0.2, -0.15) is 0 Å². The van der Waals surface area contributed by atoms with Crippen LogP contribution >= 0.6 is 0 Å². The van der Waals surface area contributed by atoms with Gasteiger partial charge in [0, 0.05) is 19.2 Å². The van der Waals surface area contributed by atoms with Gasteiger partial charge in [-0.25, -0.2) is 13.1 Å². The summed E-state index contributed by atoms with van der Waals surface area (Å²) >= 11 is 0. The maximum atomic E-state index is 12.3. The highest BCUT2D eigenvalue weighted by molar-refractivity contribution is 7.89. The van der Waals surface area contributed by atoms with Gasteiger partial charge in [0.2, 0.25) is 15.9 Å². The molecule has 2 N–H and O–H groups in total. The molecule has 0 aliphatic heterocycles. The van der Waals surface area contributed by atoms with Crippen molar-refractivity contribution in [3.63, 3.8) is 0 Å². The molecule has 25 heavy (non-hydrogen) atoms. The molecule has 6 nitrogen and oxygen atoms in total. The number of nitrogens with one attached hydrogen (secondary N) is 2. The van der Waals surface area contributed by atoms with Crippen molar-refractivity contribution in [3.05, 3.63) is 54.1 Å². The van der Waals surface area contributed by atoms with E-state index in [0.29, 0.717) is 5.69 Å². The number of carbonyl (C=O) groups is 1. The molecule has 0 atom stereocenters. The van der Waals surface area contributed by atoms with Crippen LogP contribution in [-0.2, 0) is 21.4 Å². The Morgan fingerprint density at radius 3 is 2.16 bits per heavy atom. The van der Waals surface area contributed by atoms with Crippen LogP contribution in [-0.4, -0.2) is 20.4 Å². The van der Waals surface area contributed by atoms with E-state index in [1.807, 2.05) is 38.1 Å². The highest BCUT2D eigenvalue weighted by Gasteiger charge is 2.13. The minimum Gasteiger partial charge on any atom is -0.491 e. The number of benzene rings is 2. The van der Waals surface area contributed by atoms with E-state index < -0.39 is 10.0 Å². The highest BCUT2D eigenvalue weighted by Crippen LogP contribution is 2.16. The van der Waals surface area contributed by atoms with Crippen molar-refractivity contribution in [3.8, 4) is 5.75 Å². The second-order valence-corrected chi connectivity index (χ2v) is 7.61. The molecule has 134 valence electrons. The zero-order valence-electron chi connectivity index (χ0n) is 14.4. The van der Waals surface area contributed by atoms with Crippen LogP contribution in [0.15, 0.2) is 53.4 Å². The second kappa shape index (κ2) is 8.13. The molecule has 0 fully saturated rings. The molecule has 0 radical (unpaired) electrons. The second-order valence-electron chi connectivity index (χ2n) is 5.84. The first-order valence-electron chi connectivity index (χ1n) is 7.89. The summed E-state index contributed by atoms with van der Waals surface area (Å²) in [6, 6.07) is 13.3. The van der Waals surface area contributed by atoms with Gasteiger partial charge in [0.05, 0.1) is 11.0 Å². The third-order valence-corrected chi connectivity index (χ3v) is 4.66. The summed E-state index contributed by atoms with van der Waals surface area (Å²) in [4.78, 5) is 11.1. The molecule has 0 heterocycles. The Balaban J connectivity index is 2.00. The van der Waals surface area contributed by atoms with Gasteiger partial charge in [-0.1, -0.05) is 12.1 Å². The first-order valence-corrected chi connectivity index (χ1v) is 9.37. The monoisotopic (exact) mass is 362 g/mol. The minimum atomic E-state index is -3.63. The predicted octanol–water partition coefficient (Wildman–Crippen LogP) is 2.91. The van der Waals surface area contributed by atoms with E-state index in [-0.39, 0.29) is 23.5 Å². The molecule has 2 aromatic rings. The summed E-state index contributed by atoms with van der Waals surface area (Å²) in [7, 11) is -3.63. The van der Waals surface area contributed by atoms with Gasteiger partial charge in [-0.15, -0.1) is 0 Å². The maximum absolute atomic E-state index is 12.3. The first kappa shape index (κ1) is 19.0. The van der Waals surface area contributed by atoms with E-state index in [0.717, 1.165) is 11.3 Å². The molecule has 0 saturated heterocycles. The molecular weight excluding hydrogens is 340 g/mol. The van der Waals surface area contributed by atoms with Crippen LogP contribution in [0.4, 0.5) is 5.69 Å². The molecule has 7 heteroatoms. The summed E-state index contributed by atoms with van der Waals surface area (Å²) < 4.78 is 32.8. The largest absolute Gasteiger partial charge is 0.491 e. The fourth-order valence-electron chi connectivity index (χ4n) is 2.14. The fourth-order valence-corrected chi connectivity index (χ4v) is 3.16. The van der Waals surface area contributed by atoms with Crippen molar-refractivity contribution in [1.82, 2.24) is 4.72 Å². The average Bonchev–Trinajstić information content (AvgIpc) is 2.54. The quantitative estimate of drug-likeness (QED) is 0.793. The summed E-state index contributed by atoms with van der Waals surface area (Å²) in [6.07, 6.45) is 0.0878. The highest BCUT2D eigenvalue weighted by atomic mass is 32.2. The van der Waals surface area contributed by atoms with Crippen molar-refractivity contribution in [2.24, 2.45) is 0 Å². The Morgan fingerprint density at radius 1 is 1.04 bits per heavy atom. The summed E-state index contributed by atoms with van der Waals surface area (Å²) in [6.45, 7) is 5.46. The number of rotatable bonds is 7. The van der Waals surface area contributed by atoms with Crippen molar-refractivity contribution in [1.29, 1.82) is 0 Å². The lowest BCUT2D eigenvalue weighted by atomic mass is 10.2. The topological polar surface area (TPSA) is 84.5 Å². The SMILES string of the molecule is CC(=O)Nc1ccc(S(=O)(=O)NCc2ccc(OC(C)C)cc2)cc1. The van der Waals surface area contributed by atoms with E-state index in [1.165, 1.54) is 19.1 Å². The molecule has 2 rings (SSSR count). The Bertz CT molecular complexity index is 813. The van der Waals surface area contributed by atoms with Crippen LogP contribution < -0.4 is 14.8 Å². The van der Waals surface area contributed by atoms with Crippen LogP contribution in [0.3, 0.4) is 0 Å². The number of hydrogen-bond acceptors (Lipinski definition) is 4. The van der Waals surface area contributed by atoms with Gasteiger partial charge in [0.25, 0.3) is 0 Å². The van der Waals surface area contributed by atoms with Crippen molar-refractivity contribution in [2.75, 3.05) is 5.32 Å². The van der Waals surface area contributed by atoms with Crippen LogP contribution in [0.1, 0.15) is 26.3 Å². The van der Waals surface area contributed by atoms with E-state index in [9.17, 15) is 13.2 Å². The Morgan fingerprint density at radius 2 is 1.64 bits per heavy atom. The fraction of sp³-hybridized carbons (Fsp3) is 0.278. The number of sulfonamides is 1. The van der Waals surface area contributed by atoms with Crippen LogP contribution in [0.5, 0.6) is 5.75 Å². The zero-order chi connectivity index (χ0) is 18.4. The minimum absolute atomic E-state index is 0.0878. The van der Waals surface area contributed by atoms with E-state index in [1.54, 1.807) is 12.1 Å². The number of ether oxygens (including phenoxy) is 1. The zero-order valence-corrected chi connectivity index (χ0v) is 15.3. The first-order chi connectivity index (χ1) is 11.8. The molecule has 0 saturated carbocycles. The Kier molecular flexibility index (Phi) is 6.17.